The first-order chi connectivity index (χ1) is 25.1. The number of nitrogens with one attached hydrogen (secondary N) is 5. The first kappa shape index (κ1) is 46.0. The van der Waals surface area contributed by atoms with E-state index in [2.05, 4.69) is 26.0 Å². The highest BCUT2D eigenvalue weighted by molar-refractivity contribution is 7.90. The molecule has 0 fully saturated rings. The zero-order chi connectivity index (χ0) is 41.0. The number of amides is 4. The van der Waals surface area contributed by atoms with Crippen LogP contribution in [0.4, 0.5) is 5.69 Å². The minimum absolute atomic E-state index is 0.0877. The summed E-state index contributed by atoms with van der Waals surface area (Å²) in [7, 11) is 0.737. The SMILES string of the molecule is CN[C@@H](CCCCN)C(=O)Nc1ccc(S(=O)(=O)NC(=O)/C(C)=C/[C@H](C(C)C)N(C)C(=O)C(NC(=O)[C@@H](NC)C(C)(C)c2ccccc2)C(C)(C)C)cc1. The highest BCUT2D eigenvalue weighted by atomic mass is 32.2. The fourth-order valence-corrected chi connectivity index (χ4v) is 7.29. The lowest BCUT2D eigenvalue weighted by molar-refractivity contribution is -0.140. The van der Waals surface area contributed by atoms with E-state index in [1.165, 1.54) is 36.1 Å². The lowest BCUT2D eigenvalue weighted by Crippen LogP contribution is -2.61. The van der Waals surface area contributed by atoms with Gasteiger partial charge in [0.1, 0.15) is 6.04 Å². The molecule has 300 valence electrons. The molecule has 0 aliphatic heterocycles. The maximum absolute atomic E-state index is 14.2. The van der Waals surface area contributed by atoms with Gasteiger partial charge in [-0.2, -0.15) is 0 Å². The van der Waals surface area contributed by atoms with Crippen LogP contribution in [0.2, 0.25) is 0 Å². The van der Waals surface area contributed by atoms with Crippen molar-refractivity contribution in [3.8, 4) is 0 Å². The Bertz CT molecular complexity index is 1700. The molecule has 14 heteroatoms. The van der Waals surface area contributed by atoms with E-state index >= 15 is 0 Å². The number of unbranched alkanes of at least 4 members (excludes halogenated alkanes) is 1. The number of carbonyl (C=O) groups is 4. The monoisotopic (exact) mass is 769 g/mol. The molecule has 1 unspecified atom stereocenters. The summed E-state index contributed by atoms with van der Waals surface area (Å²) in [5, 5.41) is 11.9. The van der Waals surface area contributed by atoms with Crippen molar-refractivity contribution < 1.29 is 27.6 Å². The van der Waals surface area contributed by atoms with E-state index in [0.29, 0.717) is 18.7 Å². The Morgan fingerprint density at radius 3 is 1.94 bits per heavy atom. The fourth-order valence-electron chi connectivity index (χ4n) is 6.27. The molecule has 0 bridgehead atoms. The van der Waals surface area contributed by atoms with Gasteiger partial charge in [-0.3, -0.25) is 19.2 Å². The van der Waals surface area contributed by atoms with Gasteiger partial charge in [-0.25, -0.2) is 13.1 Å². The molecule has 13 nitrogen and oxygen atoms in total. The van der Waals surface area contributed by atoms with Crippen LogP contribution in [-0.2, 0) is 34.6 Å². The first-order valence-electron chi connectivity index (χ1n) is 18.5. The number of likely N-dealkylation sites (N-methyl/N-ethyl adjacent to an activating group) is 3. The van der Waals surface area contributed by atoms with Gasteiger partial charge in [0, 0.05) is 23.7 Å². The highest BCUT2D eigenvalue weighted by Gasteiger charge is 2.41. The molecule has 0 aliphatic rings. The molecule has 0 aliphatic carbocycles. The summed E-state index contributed by atoms with van der Waals surface area (Å²) < 4.78 is 28.5. The summed E-state index contributed by atoms with van der Waals surface area (Å²) in [6, 6.07) is 12.6. The molecule has 0 heterocycles. The number of nitrogens with zero attached hydrogens (tertiary/aromatic N) is 1. The molecule has 2 rings (SSSR count). The second-order valence-electron chi connectivity index (χ2n) is 15.7. The Morgan fingerprint density at radius 2 is 1.44 bits per heavy atom. The lowest BCUT2D eigenvalue weighted by atomic mass is 9.76. The van der Waals surface area contributed by atoms with Crippen LogP contribution in [0.3, 0.4) is 0 Å². The summed E-state index contributed by atoms with van der Waals surface area (Å²) in [5.74, 6) is -1.98. The maximum atomic E-state index is 14.2. The molecule has 7 N–H and O–H groups in total. The predicted octanol–water partition coefficient (Wildman–Crippen LogP) is 3.67. The van der Waals surface area contributed by atoms with Crippen molar-refractivity contribution in [3.05, 3.63) is 71.8 Å². The molecule has 2 aromatic carbocycles. The van der Waals surface area contributed by atoms with Gasteiger partial charge in [0.15, 0.2) is 0 Å². The number of nitrogens with two attached hydrogens (primary N) is 1. The van der Waals surface area contributed by atoms with Crippen molar-refractivity contribution in [2.45, 2.75) is 109 Å². The van der Waals surface area contributed by atoms with Gasteiger partial charge in [-0.15, -0.1) is 0 Å². The summed E-state index contributed by atoms with van der Waals surface area (Å²) >= 11 is 0. The third kappa shape index (κ3) is 12.5. The van der Waals surface area contributed by atoms with Gasteiger partial charge in [-0.05, 0) is 81.6 Å². The molecule has 4 atom stereocenters. The molecule has 0 spiro atoms. The molecule has 54 heavy (non-hydrogen) atoms. The smallest absolute Gasteiger partial charge is 0.264 e. The third-order valence-electron chi connectivity index (χ3n) is 9.72. The van der Waals surface area contributed by atoms with Crippen LogP contribution >= 0.6 is 0 Å². The van der Waals surface area contributed by atoms with E-state index in [1.54, 1.807) is 27.2 Å². The number of sulfonamides is 1. The van der Waals surface area contributed by atoms with Crippen molar-refractivity contribution in [1.82, 2.24) is 25.6 Å². The van der Waals surface area contributed by atoms with Gasteiger partial charge < -0.3 is 31.9 Å². The van der Waals surface area contributed by atoms with Gasteiger partial charge in [-0.1, -0.05) is 91.3 Å². The zero-order valence-corrected chi connectivity index (χ0v) is 34.7. The van der Waals surface area contributed by atoms with Crippen molar-refractivity contribution in [2.75, 3.05) is 33.0 Å². The molecule has 0 aromatic heterocycles. The molecular formula is C40H63N7O6S. The number of carbonyl (C=O) groups excluding carboxylic acids is 4. The Balaban J connectivity index is 2.24. The summed E-state index contributed by atoms with van der Waals surface area (Å²) in [4.78, 5) is 55.4. The normalized spacial score (nSPS) is 14.8. The maximum Gasteiger partial charge on any atom is 0.264 e. The fraction of sp³-hybridized carbons (Fsp3) is 0.550. The average molecular weight is 770 g/mol. The van der Waals surface area contributed by atoms with Crippen molar-refractivity contribution in [2.24, 2.45) is 17.1 Å². The minimum atomic E-state index is -4.28. The van der Waals surface area contributed by atoms with E-state index in [-0.39, 0.29) is 34.1 Å². The Labute approximate surface area is 322 Å². The molecule has 0 saturated carbocycles. The summed E-state index contributed by atoms with van der Waals surface area (Å²) in [6.07, 6.45) is 3.75. The van der Waals surface area contributed by atoms with Crippen LogP contribution in [0, 0.1) is 11.3 Å². The lowest BCUT2D eigenvalue weighted by Gasteiger charge is -2.40. The van der Waals surface area contributed by atoms with Crippen LogP contribution in [0.25, 0.3) is 0 Å². The summed E-state index contributed by atoms with van der Waals surface area (Å²) in [6.45, 7) is 15.3. The quantitative estimate of drug-likeness (QED) is 0.0915. The Morgan fingerprint density at radius 1 is 0.852 bits per heavy atom. The van der Waals surface area contributed by atoms with Gasteiger partial charge in [0.25, 0.3) is 15.9 Å². The Kier molecular flexibility index (Phi) is 17.0. The van der Waals surface area contributed by atoms with Gasteiger partial charge in [0.2, 0.25) is 17.7 Å². The number of hydrogen-bond acceptors (Lipinski definition) is 9. The van der Waals surface area contributed by atoms with Crippen LogP contribution in [0.5, 0.6) is 0 Å². The van der Waals surface area contributed by atoms with Crippen molar-refractivity contribution in [1.29, 1.82) is 0 Å². The largest absolute Gasteiger partial charge is 0.342 e. The van der Waals surface area contributed by atoms with E-state index in [4.69, 9.17) is 5.73 Å². The Hall–Kier alpha value is -4.11. The molecular weight excluding hydrogens is 707 g/mol. The number of benzene rings is 2. The van der Waals surface area contributed by atoms with Crippen molar-refractivity contribution in [3.63, 3.8) is 0 Å². The number of hydrogen-bond donors (Lipinski definition) is 6. The van der Waals surface area contributed by atoms with Crippen LogP contribution in [0.1, 0.15) is 80.2 Å². The van der Waals surface area contributed by atoms with E-state index in [1.807, 2.05) is 78.8 Å². The standard InChI is InChI=1S/C40H63N7O6S/c1-26(2)32(47(11)38(51)34(39(4,5)6)45-37(50)33(43-10)40(7,8)28-17-13-12-14-18-28)25-27(3)35(48)46-54(52,53)30-22-20-29(21-23-30)44-36(49)31(42-9)19-15-16-24-41/h12-14,17-18,20-23,25-26,31-34,42-43H,15-16,19,24,41H2,1-11H3,(H,44,49)(H,45,50)(H,46,48)/b27-25+/t31-,32+,33+,34?/m0/s1. The highest BCUT2D eigenvalue weighted by Crippen LogP contribution is 2.29. The van der Waals surface area contributed by atoms with Gasteiger partial charge >= 0.3 is 0 Å². The first-order valence-corrected chi connectivity index (χ1v) is 19.9. The van der Waals surface area contributed by atoms with Gasteiger partial charge in [0.05, 0.1) is 23.0 Å². The summed E-state index contributed by atoms with van der Waals surface area (Å²) in [5.41, 5.74) is 5.72. The number of anilines is 1. The minimum Gasteiger partial charge on any atom is -0.342 e. The van der Waals surface area contributed by atoms with Crippen LogP contribution in [0.15, 0.2) is 71.1 Å². The molecule has 4 amide bonds. The zero-order valence-electron chi connectivity index (χ0n) is 33.9. The van der Waals surface area contributed by atoms with Crippen LogP contribution < -0.4 is 31.7 Å². The van der Waals surface area contributed by atoms with E-state index in [9.17, 15) is 27.6 Å². The second-order valence-corrected chi connectivity index (χ2v) is 17.4. The molecule has 0 saturated heterocycles. The predicted molar refractivity (Wildman–Crippen MR) is 215 cm³/mol. The molecule has 0 radical (unpaired) electrons. The van der Waals surface area contributed by atoms with Crippen LogP contribution in [-0.4, -0.2) is 88.8 Å². The van der Waals surface area contributed by atoms with E-state index in [0.717, 1.165) is 18.4 Å². The average Bonchev–Trinajstić information content (AvgIpc) is 3.10. The third-order valence-corrected chi connectivity index (χ3v) is 11.1. The van der Waals surface area contributed by atoms with Crippen molar-refractivity contribution >= 4 is 39.3 Å². The topological polar surface area (TPSA) is 192 Å². The van der Waals surface area contributed by atoms with E-state index < -0.39 is 50.9 Å². The second kappa shape index (κ2) is 20.0. The number of rotatable bonds is 19. The molecule has 2 aromatic rings.